The Labute approximate surface area is 53.9 Å². The number of hydrogen-bond donors (Lipinski definition) is 2. The van der Waals surface area contributed by atoms with Crippen LogP contribution in [0.2, 0.25) is 0 Å². The molecule has 9 heavy (non-hydrogen) atoms. The molecule has 1 aromatic rings. The van der Waals surface area contributed by atoms with E-state index in [0.29, 0.717) is 5.82 Å². The van der Waals surface area contributed by atoms with Crippen molar-refractivity contribution in [3.63, 3.8) is 0 Å². The van der Waals surface area contributed by atoms with Gasteiger partial charge in [-0.05, 0) is 19.1 Å². The van der Waals surface area contributed by atoms with Crippen molar-refractivity contribution in [2.75, 3.05) is 5.43 Å². The first kappa shape index (κ1) is 6.04. The van der Waals surface area contributed by atoms with Crippen LogP contribution in [0.25, 0.3) is 0 Å². The number of hydrogen-bond acceptors (Lipinski definition) is 3. The van der Waals surface area contributed by atoms with E-state index in [1.165, 1.54) is 0 Å². The zero-order valence-corrected chi connectivity index (χ0v) is 5.26. The molecular weight excluding hydrogens is 114 g/mol. The summed E-state index contributed by atoms with van der Waals surface area (Å²) in [7, 11) is 0. The largest absolute Gasteiger partial charge is 0.308 e. The molecule has 1 rings (SSSR count). The van der Waals surface area contributed by atoms with Crippen molar-refractivity contribution in [1.29, 1.82) is 0 Å². The molecule has 1 aromatic heterocycles. The van der Waals surface area contributed by atoms with E-state index < -0.39 is 0 Å². The van der Waals surface area contributed by atoms with Crippen molar-refractivity contribution in [3.8, 4) is 0 Å². The lowest BCUT2D eigenvalue weighted by Gasteiger charge is -1.96. The predicted molar refractivity (Wildman–Crippen MR) is 36.8 cm³/mol. The van der Waals surface area contributed by atoms with E-state index in [9.17, 15) is 0 Å². The van der Waals surface area contributed by atoms with E-state index in [2.05, 4.69) is 10.4 Å². The number of hydrazine groups is 1. The molecule has 0 aliphatic rings. The first-order valence-corrected chi connectivity index (χ1v) is 2.73. The number of aromatic nitrogens is 1. The number of pyridine rings is 1. The normalized spacial score (nSPS) is 9.11. The summed E-state index contributed by atoms with van der Waals surface area (Å²) in [6.07, 6.45) is 0. The van der Waals surface area contributed by atoms with Gasteiger partial charge in [0.25, 0.3) is 0 Å². The Hall–Kier alpha value is -1.09. The number of rotatable bonds is 1. The highest BCUT2D eigenvalue weighted by molar-refractivity contribution is 5.32. The van der Waals surface area contributed by atoms with Crippen LogP contribution in [0.15, 0.2) is 18.2 Å². The lowest BCUT2D eigenvalue weighted by molar-refractivity contribution is 1.16. The van der Waals surface area contributed by atoms with Gasteiger partial charge in [-0.3, -0.25) is 0 Å². The maximum Gasteiger partial charge on any atom is 0.140 e. The van der Waals surface area contributed by atoms with Crippen LogP contribution in [0.5, 0.6) is 0 Å². The second-order valence-corrected chi connectivity index (χ2v) is 1.81. The number of anilines is 1. The predicted octanol–water partition coefficient (Wildman–Crippen LogP) is 0.676. The Morgan fingerprint density at radius 2 is 2.33 bits per heavy atom. The number of aryl methyl sites for hydroxylation is 1. The average molecular weight is 123 g/mol. The van der Waals surface area contributed by atoms with Crippen molar-refractivity contribution in [1.82, 2.24) is 4.98 Å². The standard InChI is InChI=1S/C6H9N3/c1-5-3-2-4-6(8-5)9-7/h2-4H,7H2,1H3,(H,8,9). The van der Waals surface area contributed by atoms with Gasteiger partial charge >= 0.3 is 0 Å². The second-order valence-electron chi connectivity index (χ2n) is 1.81. The van der Waals surface area contributed by atoms with Gasteiger partial charge in [0.1, 0.15) is 5.82 Å². The zero-order valence-electron chi connectivity index (χ0n) is 5.26. The number of nitrogens with one attached hydrogen (secondary N) is 1. The van der Waals surface area contributed by atoms with E-state index in [-0.39, 0.29) is 0 Å². The van der Waals surface area contributed by atoms with Gasteiger partial charge in [-0.1, -0.05) is 6.07 Å². The van der Waals surface area contributed by atoms with Gasteiger partial charge in [0.2, 0.25) is 0 Å². The molecule has 0 unspecified atom stereocenters. The number of nitrogens with two attached hydrogens (primary N) is 1. The first-order valence-electron chi connectivity index (χ1n) is 2.73. The van der Waals surface area contributed by atoms with Crippen molar-refractivity contribution in [2.45, 2.75) is 6.92 Å². The van der Waals surface area contributed by atoms with Gasteiger partial charge in [-0.15, -0.1) is 0 Å². The summed E-state index contributed by atoms with van der Waals surface area (Å²) in [5.41, 5.74) is 3.42. The summed E-state index contributed by atoms with van der Waals surface area (Å²) in [6, 6.07) is 5.63. The molecule has 0 aliphatic heterocycles. The topological polar surface area (TPSA) is 50.9 Å². The fourth-order valence-corrected chi connectivity index (χ4v) is 0.623. The zero-order chi connectivity index (χ0) is 6.69. The van der Waals surface area contributed by atoms with Gasteiger partial charge in [0.15, 0.2) is 0 Å². The van der Waals surface area contributed by atoms with Crippen molar-refractivity contribution < 1.29 is 0 Å². The van der Waals surface area contributed by atoms with Crippen LogP contribution < -0.4 is 11.3 Å². The molecule has 0 fully saturated rings. The average Bonchev–Trinajstić information content (AvgIpc) is 1.88. The lowest BCUT2D eigenvalue weighted by atomic mass is 10.4. The maximum absolute atomic E-state index is 5.11. The van der Waals surface area contributed by atoms with E-state index >= 15 is 0 Å². The first-order chi connectivity index (χ1) is 4.33. The van der Waals surface area contributed by atoms with Gasteiger partial charge < -0.3 is 5.43 Å². The molecule has 0 radical (unpaired) electrons. The quantitative estimate of drug-likeness (QED) is 0.426. The molecule has 48 valence electrons. The Bertz CT molecular complexity index is 197. The minimum Gasteiger partial charge on any atom is -0.308 e. The maximum atomic E-state index is 5.11. The van der Waals surface area contributed by atoms with Gasteiger partial charge in [-0.2, -0.15) is 0 Å². The minimum atomic E-state index is 0.704. The highest BCUT2D eigenvalue weighted by Gasteiger charge is 1.86. The van der Waals surface area contributed by atoms with Crippen molar-refractivity contribution in [3.05, 3.63) is 23.9 Å². The SMILES string of the molecule is Cc1cccc(NN)n1. The number of nitrogen functional groups attached to an aromatic ring is 1. The summed E-state index contributed by atoms with van der Waals surface area (Å²) >= 11 is 0. The van der Waals surface area contributed by atoms with E-state index in [1.54, 1.807) is 0 Å². The third-order valence-electron chi connectivity index (χ3n) is 1.04. The smallest absolute Gasteiger partial charge is 0.140 e. The monoisotopic (exact) mass is 123 g/mol. The summed E-state index contributed by atoms with van der Waals surface area (Å²) in [4.78, 5) is 4.06. The molecule has 0 saturated heterocycles. The van der Waals surface area contributed by atoms with Gasteiger partial charge in [-0.25, -0.2) is 10.8 Å². The third-order valence-corrected chi connectivity index (χ3v) is 1.04. The third kappa shape index (κ3) is 1.40. The van der Waals surface area contributed by atoms with Crippen LogP contribution >= 0.6 is 0 Å². The van der Waals surface area contributed by atoms with Crippen LogP contribution in [0.3, 0.4) is 0 Å². The minimum absolute atomic E-state index is 0.704. The Morgan fingerprint density at radius 1 is 1.56 bits per heavy atom. The van der Waals surface area contributed by atoms with E-state index in [0.717, 1.165) is 5.69 Å². The summed E-state index contributed by atoms with van der Waals surface area (Å²) in [6.45, 7) is 1.92. The Kier molecular flexibility index (Phi) is 1.65. The molecule has 0 aliphatic carbocycles. The molecular formula is C6H9N3. The molecule has 3 heteroatoms. The van der Waals surface area contributed by atoms with Crippen molar-refractivity contribution in [2.24, 2.45) is 5.84 Å². The molecule has 0 spiro atoms. The van der Waals surface area contributed by atoms with Crippen molar-refractivity contribution >= 4 is 5.82 Å². The molecule has 0 atom stereocenters. The molecule has 0 amide bonds. The number of nitrogens with zero attached hydrogens (tertiary/aromatic N) is 1. The molecule has 0 bridgehead atoms. The fourth-order valence-electron chi connectivity index (χ4n) is 0.623. The Morgan fingerprint density at radius 3 is 2.78 bits per heavy atom. The highest BCUT2D eigenvalue weighted by atomic mass is 15.2. The molecule has 3 N–H and O–H groups in total. The van der Waals surface area contributed by atoms with E-state index in [4.69, 9.17) is 5.84 Å². The Balaban J connectivity index is 2.94. The van der Waals surface area contributed by atoms with Crippen LogP contribution in [-0.4, -0.2) is 4.98 Å². The molecule has 3 nitrogen and oxygen atoms in total. The van der Waals surface area contributed by atoms with Crippen LogP contribution in [0.1, 0.15) is 5.69 Å². The summed E-state index contributed by atoms with van der Waals surface area (Å²) in [5.74, 6) is 5.81. The summed E-state index contributed by atoms with van der Waals surface area (Å²) < 4.78 is 0. The highest BCUT2D eigenvalue weighted by Crippen LogP contribution is 2.00. The summed E-state index contributed by atoms with van der Waals surface area (Å²) in [5, 5.41) is 0. The van der Waals surface area contributed by atoms with Gasteiger partial charge in [0, 0.05) is 5.69 Å². The molecule has 0 aromatic carbocycles. The molecule has 1 heterocycles. The molecule has 0 saturated carbocycles. The second kappa shape index (κ2) is 2.46. The fraction of sp³-hybridized carbons (Fsp3) is 0.167. The van der Waals surface area contributed by atoms with Crippen LogP contribution in [0, 0.1) is 6.92 Å². The van der Waals surface area contributed by atoms with Crippen LogP contribution in [0.4, 0.5) is 5.82 Å². The van der Waals surface area contributed by atoms with E-state index in [1.807, 2.05) is 25.1 Å². The lowest BCUT2D eigenvalue weighted by Crippen LogP contribution is -2.08. The van der Waals surface area contributed by atoms with Crippen LogP contribution in [-0.2, 0) is 0 Å². The van der Waals surface area contributed by atoms with Gasteiger partial charge in [0.05, 0.1) is 0 Å².